The van der Waals surface area contributed by atoms with E-state index in [0.29, 0.717) is 18.1 Å². The maximum absolute atomic E-state index is 11.8. The summed E-state index contributed by atoms with van der Waals surface area (Å²) in [6.07, 6.45) is 9.15. The molecular weight excluding hydrogens is 372 g/mol. The van der Waals surface area contributed by atoms with Crippen LogP contribution in [-0.4, -0.2) is 12.1 Å². The third kappa shape index (κ3) is 9.05. The van der Waals surface area contributed by atoms with Crippen LogP contribution in [0.3, 0.4) is 0 Å². The number of halogens is 1. The number of hydrazone groups is 1. The Balaban J connectivity index is 1.71. The van der Waals surface area contributed by atoms with Crippen molar-refractivity contribution in [1.82, 2.24) is 5.43 Å². The van der Waals surface area contributed by atoms with Gasteiger partial charge in [-0.3, -0.25) is 4.79 Å². The molecule has 1 amide bonds. The van der Waals surface area contributed by atoms with Crippen molar-refractivity contribution in [3.8, 4) is 5.75 Å². The van der Waals surface area contributed by atoms with Gasteiger partial charge in [0.1, 0.15) is 12.4 Å². The first-order valence-electron chi connectivity index (χ1n) is 9.96. The standard InChI is InChI=1S/C23H29ClN2O2/c1-2-3-4-5-6-7-11-23(27)26-25-17-20-9-8-10-22(16-20)28-18-19-12-14-21(24)15-13-19/h8-10,12-17H,2-7,11,18H2,1H3,(H,26,27)/b25-17-. The van der Waals surface area contributed by atoms with Crippen LogP contribution < -0.4 is 10.2 Å². The van der Waals surface area contributed by atoms with Crippen LogP contribution in [0.5, 0.6) is 5.75 Å². The zero-order chi connectivity index (χ0) is 20.0. The summed E-state index contributed by atoms with van der Waals surface area (Å²) in [6, 6.07) is 15.2. The molecule has 2 rings (SSSR count). The summed E-state index contributed by atoms with van der Waals surface area (Å²) in [4.78, 5) is 11.8. The monoisotopic (exact) mass is 400 g/mol. The van der Waals surface area contributed by atoms with Crippen LogP contribution >= 0.6 is 11.6 Å². The molecule has 0 bridgehead atoms. The molecule has 5 heteroatoms. The minimum Gasteiger partial charge on any atom is -0.489 e. The lowest BCUT2D eigenvalue weighted by molar-refractivity contribution is -0.121. The Kier molecular flexibility index (Phi) is 10.2. The molecule has 0 saturated heterocycles. The van der Waals surface area contributed by atoms with Crippen LogP contribution in [0, 0.1) is 0 Å². The van der Waals surface area contributed by atoms with Crippen molar-refractivity contribution >= 4 is 23.7 Å². The zero-order valence-corrected chi connectivity index (χ0v) is 17.3. The van der Waals surface area contributed by atoms with Gasteiger partial charge in [0.25, 0.3) is 0 Å². The van der Waals surface area contributed by atoms with Gasteiger partial charge in [-0.25, -0.2) is 5.43 Å². The molecule has 0 spiro atoms. The van der Waals surface area contributed by atoms with E-state index in [1.807, 2.05) is 48.5 Å². The van der Waals surface area contributed by atoms with Crippen LogP contribution in [-0.2, 0) is 11.4 Å². The lowest BCUT2D eigenvalue weighted by Gasteiger charge is -2.07. The first-order valence-corrected chi connectivity index (χ1v) is 10.3. The summed E-state index contributed by atoms with van der Waals surface area (Å²) < 4.78 is 5.80. The Labute approximate surface area is 172 Å². The van der Waals surface area contributed by atoms with Crippen molar-refractivity contribution < 1.29 is 9.53 Å². The highest BCUT2D eigenvalue weighted by Gasteiger charge is 2.00. The third-order valence-electron chi connectivity index (χ3n) is 4.34. The maximum Gasteiger partial charge on any atom is 0.240 e. The van der Waals surface area contributed by atoms with Gasteiger partial charge in [-0.2, -0.15) is 5.10 Å². The SMILES string of the molecule is CCCCCCCCC(=O)N/N=C\c1cccc(OCc2ccc(Cl)cc2)c1. The highest BCUT2D eigenvalue weighted by atomic mass is 35.5. The number of nitrogens with zero attached hydrogens (tertiary/aromatic N) is 1. The summed E-state index contributed by atoms with van der Waals surface area (Å²) >= 11 is 5.89. The fourth-order valence-electron chi connectivity index (χ4n) is 2.73. The molecule has 0 radical (unpaired) electrons. The molecule has 0 aliphatic rings. The molecule has 0 atom stereocenters. The van der Waals surface area contributed by atoms with Gasteiger partial charge < -0.3 is 4.74 Å². The number of benzene rings is 2. The van der Waals surface area contributed by atoms with Crippen molar-refractivity contribution in [1.29, 1.82) is 0 Å². The molecule has 2 aromatic rings. The molecule has 1 N–H and O–H groups in total. The highest BCUT2D eigenvalue weighted by Crippen LogP contribution is 2.16. The van der Waals surface area contributed by atoms with Gasteiger partial charge in [-0.15, -0.1) is 0 Å². The number of amides is 1. The summed E-state index contributed by atoms with van der Waals surface area (Å²) in [5.74, 6) is 0.708. The number of rotatable bonds is 12. The van der Waals surface area contributed by atoms with E-state index in [2.05, 4.69) is 17.5 Å². The Morgan fingerprint density at radius 1 is 1.07 bits per heavy atom. The van der Waals surface area contributed by atoms with Crippen molar-refractivity contribution in [2.75, 3.05) is 0 Å². The lowest BCUT2D eigenvalue weighted by atomic mass is 10.1. The molecule has 0 aliphatic heterocycles. The summed E-state index contributed by atoms with van der Waals surface area (Å²) in [7, 11) is 0. The number of ether oxygens (including phenoxy) is 1. The molecule has 0 unspecified atom stereocenters. The quantitative estimate of drug-likeness (QED) is 0.265. The Bertz CT molecular complexity index is 745. The highest BCUT2D eigenvalue weighted by molar-refractivity contribution is 6.30. The van der Waals surface area contributed by atoms with E-state index in [1.165, 1.54) is 25.7 Å². The number of carbonyl (C=O) groups is 1. The van der Waals surface area contributed by atoms with Gasteiger partial charge >= 0.3 is 0 Å². The molecule has 0 heterocycles. The normalized spacial score (nSPS) is 10.9. The van der Waals surface area contributed by atoms with E-state index in [4.69, 9.17) is 16.3 Å². The third-order valence-corrected chi connectivity index (χ3v) is 4.59. The Morgan fingerprint density at radius 2 is 1.82 bits per heavy atom. The smallest absolute Gasteiger partial charge is 0.240 e. The van der Waals surface area contributed by atoms with E-state index in [1.54, 1.807) is 6.21 Å². The van der Waals surface area contributed by atoms with Crippen LogP contribution in [0.15, 0.2) is 53.6 Å². The first-order chi connectivity index (χ1) is 13.7. The lowest BCUT2D eigenvalue weighted by Crippen LogP contribution is -2.16. The summed E-state index contributed by atoms with van der Waals surface area (Å²) in [5.41, 5.74) is 4.51. The van der Waals surface area contributed by atoms with Gasteiger partial charge in [-0.1, -0.05) is 74.9 Å². The van der Waals surface area contributed by atoms with Crippen LogP contribution in [0.25, 0.3) is 0 Å². The number of unbranched alkanes of at least 4 members (excludes halogenated alkanes) is 5. The number of carbonyl (C=O) groups excluding carboxylic acids is 1. The average molecular weight is 401 g/mol. The van der Waals surface area contributed by atoms with E-state index in [0.717, 1.165) is 29.7 Å². The van der Waals surface area contributed by atoms with Crippen molar-refractivity contribution in [2.24, 2.45) is 5.10 Å². The first kappa shape index (κ1) is 22.0. The predicted molar refractivity (Wildman–Crippen MR) is 116 cm³/mol. The molecule has 0 saturated carbocycles. The fourth-order valence-corrected chi connectivity index (χ4v) is 2.86. The minimum atomic E-state index is -0.0399. The van der Waals surface area contributed by atoms with Crippen LogP contribution in [0.4, 0.5) is 0 Å². The molecule has 0 aromatic heterocycles. The van der Waals surface area contributed by atoms with Gasteiger partial charge in [0.15, 0.2) is 0 Å². The second kappa shape index (κ2) is 12.9. The second-order valence-electron chi connectivity index (χ2n) is 6.80. The molecule has 28 heavy (non-hydrogen) atoms. The molecule has 0 aliphatic carbocycles. The number of hydrogen-bond acceptors (Lipinski definition) is 3. The van der Waals surface area contributed by atoms with E-state index in [9.17, 15) is 4.79 Å². The largest absolute Gasteiger partial charge is 0.489 e. The Hall–Kier alpha value is -2.33. The molecule has 150 valence electrons. The zero-order valence-electron chi connectivity index (χ0n) is 16.5. The van der Waals surface area contributed by atoms with Gasteiger partial charge in [0.2, 0.25) is 5.91 Å². The number of nitrogens with one attached hydrogen (secondary N) is 1. The topological polar surface area (TPSA) is 50.7 Å². The second-order valence-corrected chi connectivity index (χ2v) is 7.24. The van der Waals surface area contributed by atoms with Gasteiger partial charge in [-0.05, 0) is 41.8 Å². The van der Waals surface area contributed by atoms with Crippen molar-refractivity contribution in [2.45, 2.75) is 58.5 Å². The van der Waals surface area contributed by atoms with Crippen LogP contribution in [0.2, 0.25) is 5.02 Å². The van der Waals surface area contributed by atoms with E-state index < -0.39 is 0 Å². The van der Waals surface area contributed by atoms with E-state index in [-0.39, 0.29) is 5.91 Å². The van der Waals surface area contributed by atoms with E-state index >= 15 is 0 Å². The van der Waals surface area contributed by atoms with Crippen molar-refractivity contribution in [3.05, 3.63) is 64.7 Å². The molecule has 2 aromatic carbocycles. The molecular formula is C23H29ClN2O2. The van der Waals surface area contributed by atoms with Gasteiger partial charge in [0, 0.05) is 11.4 Å². The average Bonchev–Trinajstić information content (AvgIpc) is 2.70. The van der Waals surface area contributed by atoms with Crippen molar-refractivity contribution in [3.63, 3.8) is 0 Å². The number of hydrogen-bond donors (Lipinski definition) is 1. The van der Waals surface area contributed by atoms with Crippen LogP contribution in [0.1, 0.15) is 63.0 Å². The minimum absolute atomic E-state index is 0.0399. The fraction of sp³-hybridized carbons (Fsp3) is 0.391. The molecule has 4 nitrogen and oxygen atoms in total. The summed E-state index contributed by atoms with van der Waals surface area (Å²) in [6.45, 7) is 2.67. The summed E-state index contributed by atoms with van der Waals surface area (Å²) in [5, 5.41) is 4.75. The maximum atomic E-state index is 11.8. The predicted octanol–water partition coefficient (Wildman–Crippen LogP) is 6.12. The van der Waals surface area contributed by atoms with Gasteiger partial charge in [0.05, 0.1) is 6.21 Å². The Morgan fingerprint density at radius 3 is 2.61 bits per heavy atom. The molecule has 0 fully saturated rings.